The van der Waals surface area contributed by atoms with Gasteiger partial charge in [-0.3, -0.25) is 19.3 Å². The number of amides is 3. The number of hydrogen-bond donors (Lipinski definition) is 2. The summed E-state index contributed by atoms with van der Waals surface area (Å²) in [6, 6.07) is 5.94. The summed E-state index contributed by atoms with van der Waals surface area (Å²) in [5.74, 6) is -1.20. The molecule has 1 fully saturated rings. The number of carbonyl (C=O) groups is 3. The maximum absolute atomic E-state index is 12.8. The Hall–Kier alpha value is -2.25. The van der Waals surface area contributed by atoms with Crippen molar-refractivity contribution in [3.05, 3.63) is 35.4 Å². The van der Waals surface area contributed by atoms with E-state index in [1.54, 1.807) is 24.3 Å². The summed E-state index contributed by atoms with van der Waals surface area (Å²) in [7, 11) is 0. The number of fused-ring (bicyclic) bond motifs is 1. The van der Waals surface area contributed by atoms with Crippen molar-refractivity contribution >= 4 is 17.7 Å². The van der Waals surface area contributed by atoms with Crippen LogP contribution in [0.15, 0.2) is 24.3 Å². The van der Waals surface area contributed by atoms with E-state index in [4.69, 9.17) is 0 Å². The number of nitrogens with one attached hydrogen (secondary N) is 2. The van der Waals surface area contributed by atoms with E-state index in [1.807, 2.05) is 13.8 Å². The van der Waals surface area contributed by atoms with E-state index >= 15 is 0 Å². The van der Waals surface area contributed by atoms with Gasteiger partial charge in [-0.25, -0.2) is 0 Å². The van der Waals surface area contributed by atoms with Gasteiger partial charge < -0.3 is 15.5 Å². The minimum atomic E-state index is -0.795. The van der Waals surface area contributed by atoms with Crippen LogP contribution in [-0.2, 0) is 4.79 Å². The van der Waals surface area contributed by atoms with E-state index in [1.165, 1.54) is 0 Å². The fraction of sp³-hybridized carbons (Fsp3) is 0.550. The van der Waals surface area contributed by atoms with Gasteiger partial charge in [0.05, 0.1) is 11.1 Å². The fourth-order valence-corrected chi connectivity index (χ4v) is 3.73. The number of carbonyl (C=O) groups excluding carboxylic acids is 3. The van der Waals surface area contributed by atoms with Gasteiger partial charge in [-0.05, 0) is 31.0 Å². The molecule has 2 aliphatic heterocycles. The van der Waals surface area contributed by atoms with Crippen molar-refractivity contribution in [3.8, 4) is 0 Å². The number of rotatable bonds is 7. The van der Waals surface area contributed by atoms with E-state index in [-0.39, 0.29) is 23.6 Å². The third-order valence-electron chi connectivity index (χ3n) is 5.16. The molecule has 2 N–H and O–H groups in total. The summed E-state index contributed by atoms with van der Waals surface area (Å²) in [5, 5.41) is 6.24. The Bertz CT molecular complexity index is 678. The third-order valence-corrected chi connectivity index (χ3v) is 5.16. The highest BCUT2D eigenvalue weighted by atomic mass is 16.2. The van der Waals surface area contributed by atoms with Crippen molar-refractivity contribution in [2.45, 2.75) is 26.3 Å². The maximum atomic E-state index is 12.8. The van der Waals surface area contributed by atoms with E-state index in [0.29, 0.717) is 17.7 Å². The quantitative estimate of drug-likeness (QED) is 0.544. The van der Waals surface area contributed by atoms with Crippen LogP contribution < -0.4 is 10.6 Å². The van der Waals surface area contributed by atoms with E-state index < -0.39 is 6.04 Å². The predicted octanol–water partition coefficient (Wildman–Crippen LogP) is 0.719. The number of nitrogens with zero attached hydrogens (tertiary/aromatic N) is 2. The molecule has 3 rings (SSSR count). The molecule has 0 aromatic heterocycles. The molecule has 2 heterocycles. The Morgan fingerprint density at radius 2 is 1.70 bits per heavy atom. The van der Waals surface area contributed by atoms with Crippen LogP contribution in [-0.4, -0.2) is 72.8 Å². The van der Waals surface area contributed by atoms with Crippen LogP contribution in [0.5, 0.6) is 0 Å². The molecule has 1 atom stereocenters. The number of hydrogen-bond acceptors (Lipinski definition) is 5. The van der Waals surface area contributed by atoms with Gasteiger partial charge in [-0.1, -0.05) is 26.0 Å². The first-order chi connectivity index (χ1) is 13.0. The Labute approximate surface area is 160 Å². The summed E-state index contributed by atoms with van der Waals surface area (Å²) in [5.41, 5.74) is 0.749. The first kappa shape index (κ1) is 19.5. The molecule has 0 aliphatic carbocycles. The number of benzene rings is 1. The molecule has 1 aromatic carbocycles. The molecule has 7 heteroatoms. The van der Waals surface area contributed by atoms with Crippen LogP contribution in [0.1, 0.15) is 41.0 Å². The minimum absolute atomic E-state index is 0.166. The van der Waals surface area contributed by atoms with Crippen molar-refractivity contribution in [2.24, 2.45) is 5.92 Å². The van der Waals surface area contributed by atoms with Gasteiger partial charge >= 0.3 is 0 Å². The standard InChI is InChI=1S/C20H28N4O3/c1-14(2)17(18(25)22-8-5-11-23-12-9-21-10-13-23)24-19(26)15-6-3-4-7-16(15)20(24)27/h3-4,6-7,14,17,21H,5,8-13H2,1-2H3,(H,22,25). The monoisotopic (exact) mass is 372 g/mol. The first-order valence-electron chi connectivity index (χ1n) is 9.68. The van der Waals surface area contributed by atoms with Crippen LogP contribution >= 0.6 is 0 Å². The van der Waals surface area contributed by atoms with Crippen molar-refractivity contribution in [1.29, 1.82) is 0 Å². The molecule has 3 amide bonds. The van der Waals surface area contributed by atoms with Crippen molar-refractivity contribution in [2.75, 3.05) is 39.3 Å². The van der Waals surface area contributed by atoms with Crippen molar-refractivity contribution in [3.63, 3.8) is 0 Å². The predicted molar refractivity (Wildman–Crippen MR) is 103 cm³/mol. The van der Waals surface area contributed by atoms with Gasteiger partial charge in [0.2, 0.25) is 5.91 Å². The molecule has 27 heavy (non-hydrogen) atoms. The molecule has 0 spiro atoms. The van der Waals surface area contributed by atoms with Crippen molar-refractivity contribution < 1.29 is 14.4 Å². The summed E-state index contributed by atoms with van der Waals surface area (Å²) < 4.78 is 0. The molecule has 0 saturated carbocycles. The van der Waals surface area contributed by atoms with Crippen LogP contribution in [0.4, 0.5) is 0 Å². The lowest BCUT2D eigenvalue weighted by Crippen LogP contribution is -2.52. The van der Waals surface area contributed by atoms with E-state index in [2.05, 4.69) is 15.5 Å². The highest BCUT2D eigenvalue weighted by Gasteiger charge is 2.43. The lowest BCUT2D eigenvalue weighted by molar-refractivity contribution is -0.126. The normalized spacial score (nSPS) is 18.7. The van der Waals surface area contributed by atoms with Gasteiger partial charge in [-0.2, -0.15) is 0 Å². The fourth-order valence-electron chi connectivity index (χ4n) is 3.73. The second-order valence-corrected chi connectivity index (χ2v) is 7.45. The maximum Gasteiger partial charge on any atom is 0.262 e. The van der Waals surface area contributed by atoms with E-state index in [0.717, 1.165) is 44.0 Å². The lowest BCUT2D eigenvalue weighted by atomic mass is 10.0. The molecule has 0 bridgehead atoms. The summed E-state index contributed by atoms with van der Waals surface area (Å²) in [6.07, 6.45) is 0.846. The highest BCUT2D eigenvalue weighted by molar-refractivity contribution is 6.22. The Kier molecular flexibility index (Phi) is 6.23. The Morgan fingerprint density at radius 1 is 1.11 bits per heavy atom. The minimum Gasteiger partial charge on any atom is -0.354 e. The van der Waals surface area contributed by atoms with Gasteiger partial charge in [0.1, 0.15) is 6.04 Å². The van der Waals surface area contributed by atoms with Crippen molar-refractivity contribution in [1.82, 2.24) is 20.4 Å². The SMILES string of the molecule is CC(C)C(C(=O)NCCCN1CCNCC1)N1C(=O)c2ccccc2C1=O. The lowest BCUT2D eigenvalue weighted by Gasteiger charge is -2.29. The zero-order valence-electron chi connectivity index (χ0n) is 16.0. The molecular formula is C20H28N4O3. The van der Waals surface area contributed by atoms with Crippen LogP contribution in [0.25, 0.3) is 0 Å². The molecule has 0 radical (unpaired) electrons. The second kappa shape index (κ2) is 8.63. The molecular weight excluding hydrogens is 344 g/mol. The van der Waals surface area contributed by atoms with Gasteiger partial charge in [0.15, 0.2) is 0 Å². The zero-order chi connectivity index (χ0) is 19.4. The van der Waals surface area contributed by atoms with Gasteiger partial charge in [0.25, 0.3) is 11.8 Å². The van der Waals surface area contributed by atoms with Crippen LogP contribution in [0.2, 0.25) is 0 Å². The molecule has 1 saturated heterocycles. The molecule has 1 aromatic rings. The molecule has 7 nitrogen and oxygen atoms in total. The molecule has 1 unspecified atom stereocenters. The third kappa shape index (κ3) is 4.20. The zero-order valence-corrected chi connectivity index (χ0v) is 16.0. The Morgan fingerprint density at radius 3 is 2.26 bits per heavy atom. The van der Waals surface area contributed by atoms with Crippen LogP contribution in [0.3, 0.4) is 0 Å². The highest BCUT2D eigenvalue weighted by Crippen LogP contribution is 2.27. The summed E-state index contributed by atoms with van der Waals surface area (Å²) in [4.78, 5) is 41.7. The smallest absolute Gasteiger partial charge is 0.262 e. The van der Waals surface area contributed by atoms with E-state index in [9.17, 15) is 14.4 Å². The Balaban J connectivity index is 1.59. The largest absolute Gasteiger partial charge is 0.354 e. The molecule has 2 aliphatic rings. The first-order valence-corrected chi connectivity index (χ1v) is 9.68. The number of imide groups is 1. The topological polar surface area (TPSA) is 81.8 Å². The van der Waals surface area contributed by atoms with Gasteiger partial charge in [0, 0.05) is 32.7 Å². The average Bonchev–Trinajstić information content (AvgIpc) is 2.92. The summed E-state index contributed by atoms with van der Waals surface area (Å²) in [6.45, 7) is 9.23. The molecule has 146 valence electrons. The van der Waals surface area contributed by atoms with Crippen LogP contribution in [0, 0.1) is 5.92 Å². The second-order valence-electron chi connectivity index (χ2n) is 7.45. The summed E-state index contributed by atoms with van der Waals surface area (Å²) >= 11 is 0. The number of piperazine rings is 1. The average molecular weight is 372 g/mol. The van der Waals surface area contributed by atoms with Gasteiger partial charge in [-0.15, -0.1) is 0 Å².